The monoisotopic (exact) mass is 289 g/mol. The zero-order chi connectivity index (χ0) is 14.8. The quantitative estimate of drug-likeness (QED) is 0.844. The van der Waals surface area contributed by atoms with Crippen molar-refractivity contribution in [2.45, 2.75) is 18.9 Å². The van der Waals surface area contributed by atoms with Crippen molar-refractivity contribution in [3.8, 4) is 5.75 Å². The average molecular weight is 289 g/mol. The molecular formula is C17H17F2NO. The highest BCUT2D eigenvalue weighted by molar-refractivity contribution is 5.53. The molecule has 21 heavy (non-hydrogen) atoms. The van der Waals surface area contributed by atoms with Gasteiger partial charge in [0, 0.05) is 12.2 Å². The Bertz CT molecular complexity index is 615. The molecule has 0 bridgehead atoms. The van der Waals surface area contributed by atoms with Crippen molar-refractivity contribution in [1.29, 1.82) is 0 Å². The van der Waals surface area contributed by atoms with Crippen molar-refractivity contribution >= 4 is 5.69 Å². The Morgan fingerprint density at radius 3 is 2.57 bits per heavy atom. The number of rotatable bonds is 3. The smallest absolute Gasteiger partial charge is 0.262 e. The second-order valence-electron chi connectivity index (χ2n) is 5.12. The van der Waals surface area contributed by atoms with E-state index in [4.69, 9.17) is 4.74 Å². The average Bonchev–Trinajstić information content (AvgIpc) is 2.53. The van der Waals surface area contributed by atoms with Gasteiger partial charge in [-0.1, -0.05) is 24.3 Å². The molecule has 0 saturated carbocycles. The van der Waals surface area contributed by atoms with E-state index in [0.717, 1.165) is 23.4 Å². The summed E-state index contributed by atoms with van der Waals surface area (Å²) in [7, 11) is 1.59. The highest BCUT2D eigenvalue weighted by Gasteiger charge is 2.34. The molecule has 4 heteroatoms. The van der Waals surface area contributed by atoms with Crippen molar-refractivity contribution < 1.29 is 13.5 Å². The third-order valence-electron chi connectivity index (χ3n) is 3.95. The maximum absolute atomic E-state index is 13.6. The van der Waals surface area contributed by atoms with E-state index in [1.54, 1.807) is 24.1 Å². The Morgan fingerprint density at radius 1 is 1.14 bits per heavy atom. The van der Waals surface area contributed by atoms with Gasteiger partial charge in [0.1, 0.15) is 11.8 Å². The summed E-state index contributed by atoms with van der Waals surface area (Å²) in [6.07, 6.45) is -1.69. The lowest BCUT2D eigenvalue weighted by Gasteiger charge is -2.38. The summed E-state index contributed by atoms with van der Waals surface area (Å²) in [6.45, 7) is 0.583. The zero-order valence-corrected chi connectivity index (χ0v) is 11.8. The molecule has 0 radical (unpaired) electrons. The molecule has 0 aliphatic carbocycles. The van der Waals surface area contributed by atoms with Crippen molar-refractivity contribution in [3.05, 3.63) is 59.7 Å². The van der Waals surface area contributed by atoms with Gasteiger partial charge in [-0.15, -0.1) is 0 Å². The Hall–Kier alpha value is -2.10. The fourth-order valence-electron chi connectivity index (χ4n) is 2.94. The first-order valence-electron chi connectivity index (χ1n) is 6.97. The number of para-hydroxylation sites is 1. The van der Waals surface area contributed by atoms with Gasteiger partial charge in [-0.05, 0) is 41.8 Å². The van der Waals surface area contributed by atoms with Gasteiger partial charge in [-0.2, -0.15) is 0 Å². The van der Waals surface area contributed by atoms with Crippen molar-refractivity contribution in [1.82, 2.24) is 0 Å². The normalized spacial score (nSPS) is 17.7. The van der Waals surface area contributed by atoms with Gasteiger partial charge < -0.3 is 9.64 Å². The van der Waals surface area contributed by atoms with Gasteiger partial charge in [0.15, 0.2) is 0 Å². The van der Waals surface area contributed by atoms with E-state index in [1.165, 1.54) is 0 Å². The lowest BCUT2D eigenvalue weighted by atomic mass is 9.92. The second kappa shape index (κ2) is 5.72. The molecule has 0 saturated heterocycles. The number of ether oxygens (including phenoxy) is 1. The zero-order valence-electron chi connectivity index (χ0n) is 11.8. The van der Waals surface area contributed by atoms with Crippen LogP contribution in [0.5, 0.6) is 5.75 Å². The number of hydrogen-bond acceptors (Lipinski definition) is 2. The first-order chi connectivity index (χ1) is 10.2. The molecule has 0 amide bonds. The molecule has 3 rings (SSSR count). The topological polar surface area (TPSA) is 12.5 Å². The number of fused-ring (bicyclic) bond motifs is 1. The van der Waals surface area contributed by atoms with Crippen LogP contribution >= 0.6 is 0 Å². The SMILES string of the molecule is COc1ccc2c(c1)CCN(c1ccccc1)C2C(F)F. The van der Waals surface area contributed by atoms with Gasteiger partial charge in [0.25, 0.3) is 6.43 Å². The largest absolute Gasteiger partial charge is 0.497 e. The van der Waals surface area contributed by atoms with Gasteiger partial charge in [-0.3, -0.25) is 0 Å². The van der Waals surface area contributed by atoms with Crippen LogP contribution in [0.25, 0.3) is 0 Å². The molecule has 0 aromatic heterocycles. The third-order valence-corrected chi connectivity index (χ3v) is 3.95. The van der Waals surface area contributed by atoms with Gasteiger partial charge in [0.2, 0.25) is 0 Å². The van der Waals surface area contributed by atoms with Gasteiger partial charge in [0.05, 0.1) is 7.11 Å². The van der Waals surface area contributed by atoms with E-state index in [1.807, 2.05) is 36.4 Å². The van der Waals surface area contributed by atoms with Crippen LogP contribution in [-0.2, 0) is 6.42 Å². The third kappa shape index (κ3) is 2.58. The molecule has 110 valence electrons. The molecule has 2 nitrogen and oxygen atoms in total. The van der Waals surface area contributed by atoms with Crippen LogP contribution in [0.1, 0.15) is 17.2 Å². The Morgan fingerprint density at radius 2 is 1.90 bits per heavy atom. The molecule has 0 N–H and O–H groups in total. The number of halogens is 2. The molecule has 0 spiro atoms. The highest BCUT2D eigenvalue weighted by atomic mass is 19.3. The summed E-state index contributed by atoms with van der Waals surface area (Å²) in [6, 6.07) is 13.9. The minimum absolute atomic E-state index is 0.583. The van der Waals surface area contributed by atoms with Gasteiger partial charge >= 0.3 is 0 Å². The van der Waals surface area contributed by atoms with E-state index in [0.29, 0.717) is 12.1 Å². The molecule has 1 aliphatic rings. The highest BCUT2D eigenvalue weighted by Crippen LogP contribution is 2.38. The van der Waals surface area contributed by atoms with E-state index in [9.17, 15) is 8.78 Å². The van der Waals surface area contributed by atoms with Crippen molar-refractivity contribution in [2.24, 2.45) is 0 Å². The summed E-state index contributed by atoms with van der Waals surface area (Å²) >= 11 is 0. The molecule has 1 heterocycles. The molecule has 0 fully saturated rings. The number of nitrogens with zero attached hydrogens (tertiary/aromatic N) is 1. The standard InChI is InChI=1S/C17H17F2NO/c1-21-14-7-8-15-12(11-14)9-10-20(16(15)17(18)19)13-5-3-2-4-6-13/h2-8,11,16-17H,9-10H2,1H3. The van der Waals surface area contributed by atoms with Crippen LogP contribution < -0.4 is 9.64 Å². The maximum atomic E-state index is 13.6. The van der Waals surface area contributed by atoms with E-state index < -0.39 is 12.5 Å². The Labute approximate surface area is 123 Å². The minimum atomic E-state index is -2.43. The van der Waals surface area contributed by atoms with Crippen LogP contribution in [0, 0.1) is 0 Å². The Kier molecular flexibility index (Phi) is 3.78. The second-order valence-corrected chi connectivity index (χ2v) is 5.12. The first-order valence-corrected chi connectivity index (χ1v) is 6.97. The molecule has 1 aliphatic heterocycles. The molecule has 1 unspecified atom stereocenters. The summed E-state index contributed by atoms with van der Waals surface area (Å²) in [5.41, 5.74) is 2.48. The number of anilines is 1. The molecule has 2 aromatic rings. The predicted molar refractivity (Wildman–Crippen MR) is 79.2 cm³/mol. The van der Waals surface area contributed by atoms with Crippen LogP contribution in [0.4, 0.5) is 14.5 Å². The number of benzene rings is 2. The predicted octanol–water partition coefficient (Wildman–Crippen LogP) is 4.06. The van der Waals surface area contributed by atoms with Crippen LogP contribution in [-0.4, -0.2) is 20.1 Å². The van der Waals surface area contributed by atoms with Crippen LogP contribution in [0.3, 0.4) is 0 Å². The number of hydrogen-bond donors (Lipinski definition) is 0. The fourth-order valence-corrected chi connectivity index (χ4v) is 2.94. The van der Waals surface area contributed by atoms with Crippen molar-refractivity contribution in [2.75, 3.05) is 18.6 Å². The molecular weight excluding hydrogens is 272 g/mol. The lowest BCUT2D eigenvalue weighted by molar-refractivity contribution is 0.109. The number of methoxy groups -OCH3 is 1. The van der Waals surface area contributed by atoms with Crippen LogP contribution in [0.2, 0.25) is 0 Å². The molecule has 2 aromatic carbocycles. The summed E-state index contributed by atoms with van der Waals surface area (Å²) in [4.78, 5) is 1.79. The number of alkyl halides is 2. The summed E-state index contributed by atoms with van der Waals surface area (Å²) < 4.78 is 32.5. The summed E-state index contributed by atoms with van der Waals surface area (Å²) in [5, 5.41) is 0. The van der Waals surface area contributed by atoms with E-state index >= 15 is 0 Å². The van der Waals surface area contributed by atoms with E-state index in [2.05, 4.69) is 0 Å². The van der Waals surface area contributed by atoms with Gasteiger partial charge in [-0.25, -0.2) is 8.78 Å². The Balaban J connectivity index is 2.02. The first kappa shape index (κ1) is 13.9. The lowest BCUT2D eigenvalue weighted by Crippen LogP contribution is -2.39. The minimum Gasteiger partial charge on any atom is -0.497 e. The molecule has 1 atom stereocenters. The maximum Gasteiger partial charge on any atom is 0.262 e. The van der Waals surface area contributed by atoms with Crippen LogP contribution in [0.15, 0.2) is 48.5 Å². The summed E-state index contributed by atoms with van der Waals surface area (Å²) in [5.74, 6) is 0.718. The fraction of sp³-hybridized carbons (Fsp3) is 0.294. The van der Waals surface area contributed by atoms with E-state index in [-0.39, 0.29) is 0 Å². The van der Waals surface area contributed by atoms with Crippen molar-refractivity contribution in [3.63, 3.8) is 0 Å².